The van der Waals surface area contributed by atoms with E-state index in [1.807, 2.05) is 13.8 Å². The molecular weight excluding hydrogens is 178 g/mol. The number of carbonyl (C=O) groups excluding carboxylic acids is 2. The van der Waals surface area contributed by atoms with Gasteiger partial charge in [0.15, 0.2) is 0 Å². The van der Waals surface area contributed by atoms with Gasteiger partial charge in [0, 0.05) is 33.4 Å². The van der Waals surface area contributed by atoms with Gasteiger partial charge in [-0.1, -0.05) is 13.8 Å². The first-order valence-electron chi connectivity index (χ1n) is 5.15. The van der Waals surface area contributed by atoms with E-state index < -0.39 is 0 Å². The molecule has 0 aromatic carbocycles. The van der Waals surface area contributed by atoms with Gasteiger partial charge in [0.1, 0.15) is 5.78 Å². The lowest BCUT2D eigenvalue weighted by molar-refractivity contribution is -0.128. The first-order chi connectivity index (χ1) is 6.43. The Labute approximate surface area is 86.5 Å². The van der Waals surface area contributed by atoms with Crippen molar-refractivity contribution in [1.82, 2.24) is 4.90 Å². The minimum Gasteiger partial charge on any atom is -0.349 e. The Hall–Kier alpha value is -0.860. The molecule has 0 saturated carbocycles. The van der Waals surface area contributed by atoms with Crippen molar-refractivity contribution in [2.75, 3.05) is 14.1 Å². The highest BCUT2D eigenvalue weighted by Gasteiger charge is 2.07. The average Bonchev–Trinajstić information content (AvgIpc) is 2.02. The van der Waals surface area contributed by atoms with E-state index in [1.165, 1.54) is 0 Å². The molecule has 0 aliphatic carbocycles. The smallest absolute Gasteiger partial charge is 0.222 e. The number of ketones is 1. The first-order valence-corrected chi connectivity index (χ1v) is 5.15. The van der Waals surface area contributed by atoms with Crippen molar-refractivity contribution in [1.29, 1.82) is 0 Å². The zero-order valence-electron chi connectivity index (χ0n) is 9.67. The molecule has 0 bridgehead atoms. The molecule has 3 heteroatoms. The Balaban J connectivity index is 3.54. The molecule has 3 nitrogen and oxygen atoms in total. The lowest BCUT2D eigenvalue weighted by Gasteiger charge is -2.09. The van der Waals surface area contributed by atoms with E-state index in [0.717, 1.165) is 0 Å². The van der Waals surface area contributed by atoms with Crippen LogP contribution in [0.2, 0.25) is 0 Å². The van der Waals surface area contributed by atoms with Crippen molar-refractivity contribution >= 4 is 11.7 Å². The second kappa shape index (κ2) is 6.57. The number of Topliss-reactive ketones (excluding diaryl/α,β-unsaturated/α-hetero) is 1. The predicted molar refractivity (Wildman–Crippen MR) is 57.0 cm³/mol. The fourth-order valence-electron chi connectivity index (χ4n) is 1.22. The summed E-state index contributed by atoms with van der Waals surface area (Å²) in [5.41, 5.74) is 0. The van der Waals surface area contributed by atoms with Crippen LogP contribution in [0.1, 0.15) is 39.5 Å². The molecule has 0 aromatic rings. The normalized spacial score (nSPS) is 10.4. The van der Waals surface area contributed by atoms with Crippen molar-refractivity contribution in [3.05, 3.63) is 0 Å². The van der Waals surface area contributed by atoms with E-state index in [4.69, 9.17) is 0 Å². The molecule has 0 rings (SSSR count). The monoisotopic (exact) mass is 199 g/mol. The van der Waals surface area contributed by atoms with Crippen molar-refractivity contribution in [3.8, 4) is 0 Å². The van der Waals surface area contributed by atoms with Gasteiger partial charge in [-0.2, -0.15) is 0 Å². The number of amides is 1. The van der Waals surface area contributed by atoms with Gasteiger partial charge in [-0.3, -0.25) is 9.59 Å². The van der Waals surface area contributed by atoms with Crippen LogP contribution < -0.4 is 0 Å². The first kappa shape index (κ1) is 13.1. The van der Waals surface area contributed by atoms with E-state index in [1.54, 1.807) is 19.0 Å². The molecule has 0 unspecified atom stereocenters. The summed E-state index contributed by atoms with van der Waals surface area (Å²) in [6, 6.07) is 0. The summed E-state index contributed by atoms with van der Waals surface area (Å²) in [5.74, 6) is 0.793. The van der Waals surface area contributed by atoms with Gasteiger partial charge in [0.25, 0.3) is 0 Å². The molecule has 82 valence electrons. The molecule has 0 fully saturated rings. The summed E-state index contributed by atoms with van der Waals surface area (Å²) in [4.78, 5) is 24.0. The maximum absolute atomic E-state index is 11.3. The summed E-state index contributed by atoms with van der Waals surface area (Å²) < 4.78 is 0. The average molecular weight is 199 g/mol. The van der Waals surface area contributed by atoms with Gasteiger partial charge in [-0.25, -0.2) is 0 Å². The standard InChI is InChI=1S/C11H21NO2/c1-9(2)8-10(13)6-5-7-11(14)12(3)4/h9H,5-8H2,1-4H3. The Morgan fingerprint density at radius 3 is 2.14 bits per heavy atom. The Bertz CT molecular complexity index is 197. The third kappa shape index (κ3) is 6.63. The maximum atomic E-state index is 11.3. The topological polar surface area (TPSA) is 37.4 Å². The molecule has 0 N–H and O–H groups in total. The van der Waals surface area contributed by atoms with Crippen molar-refractivity contribution in [2.45, 2.75) is 39.5 Å². The van der Waals surface area contributed by atoms with Crippen LogP contribution in [0.5, 0.6) is 0 Å². The zero-order valence-corrected chi connectivity index (χ0v) is 9.67. The summed E-state index contributed by atoms with van der Waals surface area (Å²) in [7, 11) is 3.47. The molecule has 0 aromatic heterocycles. The van der Waals surface area contributed by atoms with Crippen LogP contribution in [0, 0.1) is 5.92 Å². The number of carbonyl (C=O) groups is 2. The quantitative estimate of drug-likeness (QED) is 0.654. The van der Waals surface area contributed by atoms with E-state index in [0.29, 0.717) is 31.6 Å². The third-order valence-electron chi connectivity index (χ3n) is 1.98. The third-order valence-corrected chi connectivity index (χ3v) is 1.98. The molecule has 0 saturated heterocycles. The summed E-state index contributed by atoms with van der Waals surface area (Å²) >= 11 is 0. The number of hydrogen-bond donors (Lipinski definition) is 0. The second-order valence-corrected chi connectivity index (χ2v) is 4.28. The fourth-order valence-corrected chi connectivity index (χ4v) is 1.22. The van der Waals surface area contributed by atoms with Crippen LogP contribution in [0.4, 0.5) is 0 Å². The van der Waals surface area contributed by atoms with Gasteiger partial charge in [0.05, 0.1) is 0 Å². The molecule has 14 heavy (non-hydrogen) atoms. The van der Waals surface area contributed by atoms with Crippen LogP contribution in [0.3, 0.4) is 0 Å². The largest absolute Gasteiger partial charge is 0.349 e. The Morgan fingerprint density at radius 2 is 1.71 bits per heavy atom. The minimum atomic E-state index is 0.0994. The highest BCUT2D eigenvalue weighted by Crippen LogP contribution is 2.06. The van der Waals surface area contributed by atoms with Gasteiger partial charge >= 0.3 is 0 Å². The van der Waals surface area contributed by atoms with E-state index >= 15 is 0 Å². The number of nitrogens with zero attached hydrogens (tertiary/aromatic N) is 1. The SMILES string of the molecule is CC(C)CC(=O)CCCC(=O)N(C)C. The van der Waals surface area contributed by atoms with Gasteiger partial charge in [-0.15, -0.1) is 0 Å². The molecule has 0 heterocycles. The van der Waals surface area contributed by atoms with Crippen LogP contribution in [-0.2, 0) is 9.59 Å². The molecule has 1 amide bonds. The molecular formula is C11H21NO2. The van der Waals surface area contributed by atoms with Crippen molar-refractivity contribution in [3.63, 3.8) is 0 Å². The lowest BCUT2D eigenvalue weighted by atomic mass is 10.0. The minimum absolute atomic E-state index is 0.0994. The molecule has 0 aliphatic rings. The van der Waals surface area contributed by atoms with Gasteiger partial charge in [0.2, 0.25) is 5.91 Å². The van der Waals surface area contributed by atoms with E-state index in [-0.39, 0.29) is 11.7 Å². The molecule has 0 radical (unpaired) electrons. The fraction of sp³-hybridized carbons (Fsp3) is 0.818. The maximum Gasteiger partial charge on any atom is 0.222 e. The highest BCUT2D eigenvalue weighted by atomic mass is 16.2. The van der Waals surface area contributed by atoms with E-state index in [9.17, 15) is 9.59 Å². The highest BCUT2D eigenvalue weighted by molar-refractivity contribution is 5.80. The lowest BCUT2D eigenvalue weighted by Crippen LogP contribution is -2.21. The Morgan fingerprint density at radius 1 is 1.14 bits per heavy atom. The van der Waals surface area contributed by atoms with Crippen LogP contribution in [0.25, 0.3) is 0 Å². The van der Waals surface area contributed by atoms with E-state index in [2.05, 4.69) is 0 Å². The van der Waals surface area contributed by atoms with Crippen LogP contribution in [-0.4, -0.2) is 30.7 Å². The summed E-state index contributed by atoms with van der Waals surface area (Å²) in [5, 5.41) is 0. The van der Waals surface area contributed by atoms with Crippen molar-refractivity contribution in [2.24, 2.45) is 5.92 Å². The molecule has 0 atom stereocenters. The van der Waals surface area contributed by atoms with Gasteiger partial charge < -0.3 is 4.90 Å². The number of rotatable bonds is 6. The molecule has 0 aliphatic heterocycles. The zero-order chi connectivity index (χ0) is 11.1. The molecule has 0 spiro atoms. The predicted octanol–water partition coefficient (Wildman–Crippen LogP) is 1.86. The summed E-state index contributed by atoms with van der Waals surface area (Å²) in [6.07, 6.45) is 2.34. The van der Waals surface area contributed by atoms with Crippen LogP contribution in [0.15, 0.2) is 0 Å². The van der Waals surface area contributed by atoms with Crippen molar-refractivity contribution < 1.29 is 9.59 Å². The van der Waals surface area contributed by atoms with Gasteiger partial charge in [-0.05, 0) is 12.3 Å². The van der Waals surface area contributed by atoms with Crippen LogP contribution >= 0.6 is 0 Å². The number of hydrogen-bond acceptors (Lipinski definition) is 2. The second-order valence-electron chi connectivity index (χ2n) is 4.28. The Kier molecular flexibility index (Phi) is 6.17. The summed E-state index contributed by atoms with van der Waals surface area (Å²) in [6.45, 7) is 4.06.